The Labute approximate surface area is 236 Å². The quantitative estimate of drug-likeness (QED) is 0.212. The number of fused-ring (bicyclic) bond motifs is 7. The number of rotatable bonds is 2. The molecule has 0 fully saturated rings. The van der Waals surface area contributed by atoms with E-state index < -0.39 is 0 Å². The summed E-state index contributed by atoms with van der Waals surface area (Å²) in [4.78, 5) is 18.1. The summed E-state index contributed by atoms with van der Waals surface area (Å²) in [6, 6.07) is 46.5. The van der Waals surface area contributed by atoms with Crippen LogP contribution in [0.3, 0.4) is 0 Å². The Balaban J connectivity index is 1.43. The topological polar surface area (TPSA) is 41.9 Å². The molecule has 0 spiro atoms. The van der Waals surface area contributed by atoms with Crippen molar-refractivity contribution in [1.29, 1.82) is 0 Å². The molecule has 190 valence electrons. The van der Waals surface area contributed by atoms with Gasteiger partial charge in [0.05, 0.1) is 33.8 Å². The van der Waals surface area contributed by atoms with Crippen LogP contribution in [0, 0.1) is 0 Å². The van der Waals surface area contributed by atoms with Crippen LogP contribution in [-0.2, 0) is 0 Å². The molecular formula is C37H22N4. The average Bonchev–Trinajstić information content (AvgIpc) is 3.05. The Morgan fingerprint density at radius 3 is 2.10 bits per heavy atom. The van der Waals surface area contributed by atoms with Gasteiger partial charge in [-0.05, 0) is 35.0 Å². The second-order valence-corrected chi connectivity index (χ2v) is 10.5. The van der Waals surface area contributed by atoms with Crippen molar-refractivity contribution in [1.82, 2.24) is 15.0 Å². The van der Waals surface area contributed by atoms with Gasteiger partial charge in [0, 0.05) is 32.7 Å². The standard InChI is InChI=1S/C37H22N4/c1-2-12-24(13-3-1)34-29-22-21-23-11-4-5-14-25(23)35(29)40-37(39-34)41-31-19-9-7-16-28(31)36-33-27(17-10-20-32(33)41)26-15-6-8-18-30(26)38-36/h1-22H. The molecule has 0 N–H and O–H groups in total. The zero-order valence-corrected chi connectivity index (χ0v) is 22.0. The Morgan fingerprint density at radius 1 is 0.439 bits per heavy atom. The van der Waals surface area contributed by atoms with Crippen LogP contribution in [0.4, 0.5) is 17.3 Å². The second-order valence-electron chi connectivity index (χ2n) is 10.5. The highest BCUT2D eigenvalue weighted by Gasteiger charge is 2.30. The van der Waals surface area contributed by atoms with Crippen molar-refractivity contribution >= 4 is 60.7 Å². The maximum absolute atomic E-state index is 5.33. The van der Waals surface area contributed by atoms with Gasteiger partial charge < -0.3 is 0 Å². The molecule has 0 radical (unpaired) electrons. The first-order valence-corrected chi connectivity index (χ1v) is 13.8. The van der Waals surface area contributed by atoms with E-state index in [1.807, 2.05) is 6.07 Å². The molecule has 0 aliphatic carbocycles. The van der Waals surface area contributed by atoms with Crippen molar-refractivity contribution < 1.29 is 0 Å². The largest absolute Gasteiger partial charge is 0.278 e. The number of hydrogen-bond donors (Lipinski definition) is 0. The van der Waals surface area contributed by atoms with Gasteiger partial charge in [-0.2, -0.15) is 0 Å². The second kappa shape index (κ2) is 8.44. The van der Waals surface area contributed by atoms with Gasteiger partial charge in [-0.15, -0.1) is 0 Å². The summed E-state index contributed by atoms with van der Waals surface area (Å²) >= 11 is 0. The molecule has 0 atom stereocenters. The third-order valence-corrected chi connectivity index (χ3v) is 8.17. The van der Waals surface area contributed by atoms with Crippen LogP contribution in [0.15, 0.2) is 133 Å². The molecule has 9 rings (SSSR count). The first-order chi connectivity index (χ1) is 20.3. The molecule has 0 amide bonds. The van der Waals surface area contributed by atoms with E-state index >= 15 is 0 Å². The number of benzene rings is 6. The predicted molar refractivity (Wildman–Crippen MR) is 169 cm³/mol. The molecule has 0 saturated carbocycles. The first-order valence-electron chi connectivity index (χ1n) is 13.8. The maximum Gasteiger partial charge on any atom is 0.235 e. The third kappa shape index (κ3) is 3.19. The molecular weight excluding hydrogens is 500 g/mol. The maximum atomic E-state index is 5.33. The summed E-state index contributed by atoms with van der Waals surface area (Å²) in [6.07, 6.45) is 0. The molecule has 1 aliphatic heterocycles. The van der Waals surface area contributed by atoms with E-state index in [1.54, 1.807) is 0 Å². The first kappa shape index (κ1) is 22.2. The Morgan fingerprint density at radius 2 is 1.17 bits per heavy atom. The van der Waals surface area contributed by atoms with Gasteiger partial charge in [-0.25, -0.2) is 15.0 Å². The number of nitrogens with zero attached hydrogens (tertiary/aromatic N) is 4. The Kier molecular flexibility index (Phi) is 4.58. The number of para-hydroxylation sites is 2. The molecule has 4 nitrogen and oxygen atoms in total. The van der Waals surface area contributed by atoms with E-state index in [4.69, 9.17) is 15.0 Å². The van der Waals surface area contributed by atoms with E-state index in [0.29, 0.717) is 5.95 Å². The van der Waals surface area contributed by atoms with Gasteiger partial charge in [-0.3, -0.25) is 4.90 Å². The highest BCUT2D eigenvalue weighted by Crippen LogP contribution is 2.51. The Hall–Kier alpha value is -5.61. The summed E-state index contributed by atoms with van der Waals surface area (Å²) < 4.78 is 0. The van der Waals surface area contributed by atoms with Gasteiger partial charge in [0.1, 0.15) is 0 Å². The Bertz CT molecular complexity index is 2330. The molecule has 4 heteroatoms. The summed E-state index contributed by atoms with van der Waals surface area (Å²) in [5.74, 6) is 0.645. The number of hydrogen-bond acceptors (Lipinski definition) is 4. The van der Waals surface area contributed by atoms with E-state index in [9.17, 15) is 0 Å². The molecule has 41 heavy (non-hydrogen) atoms. The van der Waals surface area contributed by atoms with Gasteiger partial charge in [0.25, 0.3) is 0 Å². The van der Waals surface area contributed by atoms with Crippen LogP contribution < -0.4 is 4.90 Å². The fraction of sp³-hybridized carbons (Fsp3) is 0. The van der Waals surface area contributed by atoms with Crippen molar-refractivity contribution in [3.8, 4) is 22.5 Å². The summed E-state index contributed by atoms with van der Waals surface area (Å²) in [5, 5.41) is 6.75. The van der Waals surface area contributed by atoms with Crippen LogP contribution in [0.1, 0.15) is 0 Å². The molecule has 3 heterocycles. The minimum atomic E-state index is 0.645. The minimum absolute atomic E-state index is 0.645. The number of pyridine rings is 1. The fourth-order valence-corrected chi connectivity index (χ4v) is 6.35. The van der Waals surface area contributed by atoms with Gasteiger partial charge in [-0.1, -0.05) is 109 Å². The van der Waals surface area contributed by atoms with Crippen LogP contribution in [-0.4, -0.2) is 15.0 Å². The van der Waals surface area contributed by atoms with Crippen LogP contribution in [0.25, 0.3) is 65.9 Å². The molecule has 8 aromatic rings. The molecule has 0 saturated heterocycles. The lowest BCUT2D eigenvalue weighted by atomic mass is 9.93. The van der Waals surface area contributed by atoms with Crippen molar-refractivity contribution in [3.05, 3.63) is 133 Å². The summed E-state index contributed by atoms with van der Waals surface area (Å²) in [5.41, 5.74) is 8.05. The van der Waals surface area contributed by atoms with Crippen LogP contribution in [0.2, 0.25) is 0 Å². The summed E-state index contributed by atoms with van der Waals surface area (Å²) in [6.45, 7) is 0. The van der Waals surface area contributed by atoms with E-state index in [-0.39, 0.29) is 0 Å². The predicted octanol–water partition coefficient (Wildman–Crippen LogP) is 9.60. The average molecular weight is 523 g/mol. The van der Waals surface area contributed by atoms with Crippen LogP contribution >= 0.6 is 0 Å². The SMILES string of the molecule is c1ccc(-c2nc(N3c4ccccc4-c4nc5ccccc5c5cccc3c45)nc3c2ccc2ccccc23)cc1. The molecule has 1 aliphatic rings. The van der Waals surface area contributed by atoms with Gasteiger partial charge >= 0.3 is 0 Å². The fourth-order valence-electron chi connectivity index (χ4n) is 6.35. The third-order valence-electron chi connectivity index (χ3n) is 8.17. The number of aromatic nitrogens is 3. The van der Waals surface area contributed by atoms with Crippen molar-refractivity contribution in [2.24, 2.45) is 0 Å². The molecule has 0 unspecified atom stereocenters. The summed E-state index contributed by atoms with van der Waals surface area (Å²) in [7, 11) is 0. The monoisotopic (exact) mass is 522 g/mol. The van der Waals surface area contributed by atoms with Crippen LogP contribution in [0.5, 0.6) is 0 Å². The lowest BCUT2D eigenvalue weighted by Crippen LogP contribution is -2.18. The van der Waals surface area contributed by atoms with Crippen molar-refractivity contribution in [2.75, 3.05) is 4.90 Å². The smallest absolute Gasteiger partial charge is 0.235 e. The minimum Gasteiger partial charge on any atom is -0.278 e. The zero-order valence-electron chi connectivity index (χ0n) is 22.0. The van der Waals surface area contributed by atoms with E-state index in [0.717, 1.165) is 71.9 Å². The van der Waals surface area contributed by atoms with Crippen molar-refractivity contribution in [2.45, 2.75) is 0 Å². The lowest BCUT2D eigenvalue weighted by Gasteiger charge is -2.32. The van der Waals surface area contributed by atoms with Crippen molar-refractivity contribution in [3.63, 3.8) is 0 Å². The van der Waals surface area contributed by atoms with E-state index in [1.165, 1.54) is 5.39 Å². The lowest BCUT2D eigenvalue weighted by molar-refractivity contribution is 1.11. The molecule has 0 bridgehead atoms. The molecule has 2 aromatic heterocycles. The van der Waals surface area contributed by atoms with E-state index in [2.05, 4.69) is 132 Å². The normalized spacial score (nSPS) is 12.3. The number of anilines is 3. The van der Waals surface area contributed by atoms with Gasteiger partial charge in [0.2, 0.25) is 5.95 Å². The highest BCUT2D eigenvalue weighted by molar-refractivity contribution is 6.20. The highest BCUT2D eigenvalue weighted by atomic mass is 15.3. The molecule has 6 aromatic carbocycles. The zero-order chi connectivity index (χ0) is 26.9. The van der Waals surface area contributed by atoms with Gasteiger partial charge in [0.15, 0.2) is 0 Å².